The summed E-state index contributed by atoms with van der Waals surface area (Å²) in [6, 6.07) is 1.72. The second-order valence-electron chi connectivity index (χ2n) is 5.96. The molecule has 0 spiro atoms. The van der Waals surface area contributed by atoms with E-state index in [1.54, 1.807) is 0 Å². The lowest BCUT2D eigenvalue weighted by Gasteiger charge is -2.45. The monoisotopic (exact) mass is 224 g/mol. The van der Waals surface area contributed by atoms with E-state index in [1.165, 1.54) is 45.3 Å². The molecule has 1 heterocycles. The Balaban J connectivity index is 1.82. The summed E-state index contributed by atoms with van der Waals surface area (Å²) >= 11 is 0. The lowest BCUT2D eigenvalue weighted by Crippen LogP contribution is -2.60. The minimum absolute atomic E-state index is 0.839. The normalized spacial score (nSPS) is 32.1. The van der Waals surface area contributed by atoms with E-state index in [-0.39, 0.29) is 0 Å². The third-order valence-electron chi connectivity index (χ3n) is 4.75. The minimum Gasteiger partial charge on any atom is -0.314 e. The maximum Gasteiger partial charge on any atom is 0.0348 e. The number of nitrogens with one attached hydrogen (secondary N) is 1. The predicted octanol–water partition coefficient (Wildman–Crippen LogP) is 2.49. The first-order valence-electron chi connectivity index (χ1n) is 7.18. The van der Waals surface area contributed by atoms with Crippen molar-refractivity contribution in [1.29, 1.82) is 0 Å². The zero-order valence-electron chi connectivity index (χ0n) is 11.2. The first kappa shape index (κ1) is 12.4. The van der Waals surface area contributed by atoms with Gasteiger partial charge in [0.15, 0.2) is 0 Å². The van der Waals surface area contributed by atoms with Crippen molar-refractivity contribution < 1.29 is 0 Å². The highest BCUT2D eigenvalue weighted by molar-refractivity contribution is 4.90. The van der Waals surface area contributed by atoms with E-state index in [0.717, 1.165) is 23.9 Å². The molecule has 0 atom stereocenters. The van der Waals surface area contributed by atoms with Crippen LogP contribution in [0.4, 0.5) is 0 Å². The van der Waals surface area contributed by atoms with E-state index in [1.807, 2.05) is 0 Å². The van der Waals surface area contributed by atoms with Crippen LogP contribution in [0, 0.1) is 11.8 Å². The number of rotatable bonds is 4. The van der Waals surface area contributed by atoms with Crippen LogP contribution in [-0.4, -0.2) is 36.6 Å². The molecule has 94 valence electrons. The Labute approximate surface area is 101 Å². The summed E-state index contributed by atoms with van der Waals surface area (Å²) in [5, 5.41) is 3.40. The van der Waals surface area contributed by atoms with Gasteiger partial charge < -0.3 is 5.32 Å². The van der Waals surface area contributed by atoms with Gasteiger partial charge in [0.05, 0.1) is 0 Å². The average molecular weight is 224 g/mol. The molecular weight excluding hydrogens is 196 g/mol. The van der Waals surface area contributed by atoms with Crippen LogP contribution in [0.1, 0.15) is 46.5 Å². The van der Waals surface area contributed by atoms with Gasteiger partial charge in [0, 0.05) is 25.2 Å². The van der Waals surface area contributed by atoms with E-state index in [0.29, 0.717) is 0 Å². The molecule has 2 heteroatoms. The molecule has 0 bridgehead atoms. The molecule has 0 amide bonds. The quantitative estimate of drug-likeness (QED) is 0.789. The van der Waals surface area contributed by atoms with Crippen LogP contribution in [0.5, 0.6) is 0 Å². The van der Waals surface area contributed by atoms with Gasteiger partial charge in [0.25, 0.3) is 0 Å². The third-order valence-corrected chi connectivity index (χ3v) is 4.75. The van der Waals surface area contributed by atoms with Gasteiger partial charge in [-0.3, -0.25) is 4.90 Å². The van der Waals surface area contributed by atoms with Crippen molar-refractivity contribution in [2.75, 3.05) is 19.6 Å². The molecule has 2 nitrogen and oxygen atoms in total. The summed E-state index contributed by atoms with van der Waals surface area (Å²) in [4.78, 5) is 2.76. The number of nitrogens with zero attached hydrogens (tertiary/aromatic N) is 1. The summed E-state index contributed by atoms with van der Waals surface area (Å²) in [6.07, 6.45) is 5.79. The minimum atomic E-state index is 0.839. The van der Waals surface area contributed by atoms with Gasteiger partial charge in [0.1, 0.15) is 0 Å². The molecule has 16 heavy (non-hydrogen) atoms. The molecule has 1 saturated heterocycles. The maximum atomic E-state index is 3.40. The van der Waals surface area contributed by atoms with E-state index >= 15 is 0 Å². The van der Waals surface area contributed by atoms with Crippen molar-refractivity contribution in [1.82, 2.24) is 10.2 Å². The van der Waals surface area contributed by atoms with E-state index < -0.39 is 0 Å². The summed E-state index contributed by atoms with van der Waals surface area (Å²) in [5.41, 5.74) is 0. The van der Waals surface area contributed by atoms with E-state index in [9.17, 15) is 0 Å². The van der Waals surface area contributed by atoms with Gasteiger partial charge in [-0.2, -0.15) is 0 Å². The summed E-state index contributed by atoms with van der Waals surface area (Å²) in [5.74, 6) is 1.89. The fourth-order valence-corrected chi connectivity index (χ4v) is 3.42. The molecule has 2 rings (SSSR count). The zero-order valence-corrected chi connectivity index (χ0v) is 11.2. The van der Waals surface area contributed by atoms with Crippen LogP contribution >= 0.6 is 0 Å². The summed E-state index contributed by atoms with van der Waals surface area (Å²) in [7, 11) is 0. The van der Waals surface area contributed by atoms with Crippen molar-refractivity contribution in [3.8, 4) is 0 Å². The molecule has 0 aromatic heterocycles. The Hall–Kier alpha value is -0.0800. The van der Waals surface area contributed by atoms with E-state index in [4.69, 9.17) is 0 Å². The van der Waals surface area contributed by atoms with Gasteiger partial charge in [0.2, 0.25) is 0 Å². The second kappa shape index (κ2) is 5.50. The fourth-order valence-electron chi connectivity index (χ4n) is 3.42. The molecule has 2 fully saturated rings. The average Bonchev–Trinajstić information content (AvgIpc) is 2.23. The van der Waals surface area contributed by atoms with Crippen LogP contribution in [0.25, 0.3) is 0 Å². The molecular formula is C14H28N2. The topological polar surface area (TPSA) is 15.3 Å². The molecule has 1 aliphatic heterocycles. The van der Waals surface area contributed by atoms with Crippen LogP contribution in [-0.2, 0) is 0 Å². The maximum absolute atomic E-state index is 3.40. The smallest absolute Gasteiger partial charge is 0.0348 e. The Morgan fingerprint density at radius 3 is 2.06 bits per heavy atom. The van der Waals surface area contributed by atoms with E-state index in [2.05, 4.69) is 31.0 Å². The third kappa shape index (κ3) is 2.60. The van der Waals surface area contributed by atoms with Gasteiger partial charge in [-0.1, -0.05) is 20.8 Å². The molecule has 0 radical (unpaired) electrons. The van der Waals surface area contributed by atoms with Crippen LogP contribution < -0.4 is 5.32 Å². The Morgan fingerprint density at radius 1 is 1.06 bits per heavy atom. The molecule has 2 aliphatic rings. The predicted molar refractivity (Wildman–Crippen MR) is 69.6 cm³/mol. The molecule has 0 aromatic rings. The molecule has 1 N–H and O–H groups in total. The van der Waals surface area contributed by atoms with Crippen molar-refractivity contribution in [3.05, 3.63) is 0 Å². The number of likely N-dealkylation sites (N-methyl/N-ethyl adjacent to an activating group) is 1. The Kier molecular flexibility index (Phi) is 4.26. The first-order chi connectivity index (χ1) is 7.72. The highest BCUT2D eigenvalue weighted by Crippen LogP contribution is 2.33. The molecule has 0 unspecified atom stereocenters. The van der Waals surface area contributed by atoms with Crippen LogP contribution in [0.15, 0.2) is 0 Å². The molecule has 1 saturated carbocycles. The van der Waals surface area contributed by atoms with Gasteiger partial charge in [-0.05, 0) is 44.1 Å². The summed E-state index contributed by atoms with van der Waals surface area (Å²) < 4.78 is 0. The van der Waals surface area contributed by atoms with Gasteiger partial charge >= 0.3 is 0 Å². The highest BCUT2D eigenvalue weighted by Gasteiger charge is 2.32. The number of hydrogen-bond donors (Lipinski definition) is 1. The zero-order chi connectivity index (χ0) is 11.5. The largest absolute Gasteiger partial charge is 0.314 e. The van der Waals surface area contributed by atoms with Gasteiger partial charge in [-0.15, -0.1) is 0 Å². The standard InChI is InChI=1S/C14H28N2/c1-4-16(14-9-15-10-14)13-7-5-12(6-8-13)11(2)3/h11-15H,4-10H2,1-3H3. The lowest BCUT2D eigenvalue weighted by molar-refractivity contribution is 0.0631. The number of hydrogen-bond acceptors (Lipinski definition) is 2. The second-order valence-corrected chi connectivity index (χ2v) is 5.96. The first-order valence-corrected chi connectivity index (χ1v) is 7.18. The highest BCUT2D eigenvalue weighted by atomic mass is 15.2. The SMILES string of the molecule is CCN(C1CCC(C(C)C)CC1)C1CNC1. The molecule has 0 aromatic carbocycles. The van der Waals surface area contributed by atoms with Gasteiger partial charge in [-0.25, -0.2) is 0 Å². The fraction of sp³-hybridized carbons (Fsp3) is 1.00. The van der Waals surface area contributed by atoms with Crippen molar-refractivity contribution >= 4 is 0 Å². The lowest BCUT2D eigenvalue weighted by atomic mass is 9.79. The van der Waals surface area contributed by atoms with Crippen molar-refractivity contribution in [3.63, 3.8) is 0 Å². The van der Waals surface area contributed by atoms with Crippen molar-refractivity contribution in [2.45, 2.75) is 58.5 Å². The Morgan fingerprint density at radius 2 is 1.69 bits per heavy atom. The Bertz CT molecular complexity index is 203. The van der Waals surface area contributed by atoms with Crippen LogP contribution in [0.2, 0.25) is 0 Å². The summed E-state index contributed by atoms with van der Waals surface area (Å²) in [6.45, 7) is 10.8. The van der Waals surface area contributed by atoms with Crippen LogP contribution in [0.3, 0.4) is 0 Å². The van der Waals surface area contributed by atoms with Crippen molar-refractivity contribution in [2.24, 2.45) is 11.8 Å². The molecule has 1 aliphatic carbocycles.